The summed E-state index contributed by atoms with van der Waals surface area (Å²) in [5.74, 6) is 1.97. The number of fused-ring (bicyclic) bond motifs is 6. The Balaban J connectivity index is 1.46. The summed E-state index contributed by atoms with van der Waals surface area (Å²) in [5.41, 5.74) is 6.92. The van der Waals surface area contributed by atoms with E-state index >= 15 is 0 Å². The lowest BCUT2D eigenvalue weighted by Gasteiger charge is -2.41. The van der Waals surface area contributed by atoms with E-state index in [1.54, 1.807) is 39.5 Å². The van der Waals surface area contributed by atoms with Gasteiger partial charge in [0, 0.05) is 52.9 Å². The van der Waals surface area contributed by atoms with Crippen molar-refractivity contribution in [2.24, 2.45) is 0 Å². The van der Waals surface area contributed by atoms with Gasteiger partial charge in [-0.2, -0.15) is 8.42 Å². The lowest BCUT2D eigenvalue weighted by Crippen LogP contribution is -2.39. The van der Waals surface area contributed by atoms with Crippen molar-refractivity contribution in [1.29, 1.82) is 0 Å². The molecular weight excluding hydrogens is 492 g/mol. The van der Waals surface area contributed by atoms with E-state index < -0.39 is 10.1 Å². The van der Waals surface area contributed by atoms with Crippen molar-refractivity contribution in [3.05, 3.63) is 70.9 Å². The third-order valence-corrected chi connectivity index (χ3v) is 8.55. The molecule has 2 aliphatic rings. The maximum Gasteiger partial charge on any atom is 0.295 e. The van der Waals surface area contributed by atoms with E-state index in [-0.39, 0.29) is 10.9 Å². The summed E-state index contributed by atoms with van der Waals surface area (Å²) in [6, 6.07) is 14.7. The van der Waals surface area contributed by atoms with Gasteiger partial charge in [0.1, 0.15) is 10.6 Å². The van der Waals surface area contributed by atoms with Crippen LogP contribution >= 0.6 is 0 Å². The number of ether oxygens (including phenoxy) is 3. The Labute approximate surface area is 215 Å². The predicted octanol–water partition coefficient (Wildman–Crippen LogP) is 4.76. The van der Waals surface area contributed by atoms with Gasteiger partial charge < -0.3 is 19.2 Å². The lowest BCUT2D eigenvalue weighted by molar-refractivity contribution is 0.159. The largest absolute Gasteiger partial charge is 0.496 e. The van der Waals surface area contributed by atoms with Crippen LogP contribution < -0.4 is 14.2 Å². The molecule has 0 saturated carbocycles. The summed E-state index contributed by atoms with van der Waals surface area (Å²) < 4.78 is 50.8. The molecule has 0 radical (unpaired) electrons. The second kappa shape index (κ2) is 8.79. The molecular formula is C28H28N2O6S. The highest BCUT2D eigenvalue weighted by Gasteiger charge is 2.35. The van der Waals surface area contributed by atoms with E-state index in [0.29, 0.717) is 28.4 Å². The van der Waals surface area contributed by atoms with Crippen LogP contribution in [0.3, 0.4) is 0 Å². The minimum absolute atomic E-state index is 0.129. The Morgan fingerprint density at radius 1 is 0.946 bits per heavy atom. The maximum atomic E-state index is 12.1. The molecule has 2 N–H and O–H groups in total. The highest BCUT2D eigenvalue weighted by Crippen LogP contribution is 2.46. The van der Waals surface area contributed by atoms with Gasteiger partial charge in [0.05, 0.1) is 21.3 Å². The molecule has 8 nitrogen and oxygen atoms in total. The number of methoxy groups -OCH3 is 3. The molecule has 3 heterocycles. The Morgan fingerprint density at radius 3 is 2.41 bits per heavy atom. The molecule has 0 amide bonds. The third-order valence-electron chi connectivity index (χ3n) is 7.64. The van der Waals surface area contributed by atoms with Crippen molar-refractivity contribution in [3.8, 4) is 28.4 Å². The molecule has 0 saturated heterocycles. The fraction of sp³-hybridized carbons (Fsp3) is 0.286. The molecule has 1 aromatic heterocycles. The molecule has 0 aliphatic carbocycles. The van der Waals surface area contributed by atoms with Crippen molar-refractivity contribution in [1.82, 2.24) is 9.88 Å². The van der Waals surface area contributed by atoms with Crippen LogP contribution in [0.15, 0.2) is 53.4 Å². The molecule has 2 aliphatic heterocycles. The van der Waals surface area contributed by atoms with E-state index in [1.807, 2.05) is 24.3 Å². The van der Waals surface area contributed by atoms with Crippen LogP contribution in [0.5, 0.6) is 17.2 Å². The monoisotopic (exact) mass is 520 g/mol. The van der Waals surface area contributed by atoms with E-state index in [4.69, 9.17) is 14.2 Å². The summed E-state index contributed by atoms with van der Waals surface area (Å²) in [4.78, 5) is 5.93. The van der Waals surface area contributed by atoms with E-state index in [1.165, 1.54) is 22.9 Å². The average molecular weight is 521 g/mol. The van der Waals surface area contributed by atoms with Gasteiger partial charge in [-0.25, -0.2) is 0 Å². The van der Waals surface area contributed by atoms with Gasteiger partial charge in [0.2, 0.25) is 0 Å². The zero-order valence-electron chi connectivity index (χ0n) is 20.9. The minimum atomic E-state index is -4.39. The topological polar surface area (TPSA) is 101 Å². The molecule has 4 aromatic rings. The number of H-pyrrole nitrogens is 1. The number of aromatic amines is 1. The van der Waals surface area contributed by atoms with Crippen LogP contribution in [0.2, 0.25) is 0 Å². The Kier molecular flexibility index (Phi) is 5.67. The fourth-order valence-electron chi connectivity index (χ4n) is 5.90. The number of hydrogen-bond donors (Lipinski definition) is 2. The summed E-state index contributed by atoms with van der Waals surface area (Å²) in [6.45, 7) is 1.68. The SMILES string of the molecule is COc1cc2[nH]c3c(c2cc1OC)CC1c2cc(OC)c(-c4ccccc4S(=O)(=O)O)cc2CCN1C3. The van der Waals surface area contributed by atoms with Crippen molar-refractivity contribution < 1.29 is 27.2 Å². The first-order valence-corrected chi connectivity index (χ1v) is 13.5. The number of hydrogen-bond acceptors (Lipinski definition) is 6. The van der Waals surface area contributed by atoms with E-state index in [9.17, 15) is 13.0 Å². The van der Waals surface area contributed by atoms with Crippen molar-refractivity contribution >= 4 is 21.0 Å². The number of nitrogens with one attached hydrogen (secondary N) is 1. The first kappa shape index (κ1) is 23.8. The second-order valence-corrected chi connectivity index (χ2v) is 10.9. The van der Waals surface area contributed by atoms with Gasteiger partial charge in [-0.05, 0) is 53.8 Å². The van der Waals surface area contributed by atoms with Gasteiger partial charge in [0.25, 0.3) is 10.1 Å². The van der Waals surface area contributed by atoms with Crippen molar-refractivity contribution in [2.45, 2.75) is 30.3 Å². The molecule has 37 heavy (non-hydrogen) atoms. The number of nitrogens with zero attached hydrogens (tertiary/aromatic N) is 1. The molecule has 192 valence electrons. The van der Waals surface area contributed by atoms with Crippen molar-refractivity contribution in [3.63, 3.8) is 0 Å². The highest BCUT2D eigenvalue weighted by molar-refractivity contribution is 7.86. The number of benzene rings is 3. The second-order valence-electron chi connectivity index (χ2n) is 9.50. The predicted molar refractivity (Wildman–Crippen MR) is 140 cm³/mol. The molecule has 0 fully saturated rings. The van der Waals surface area contributed by atoms with E-state index in [0.717, 1.165) is 42.4 Å². The Bertz CT molecular complexity index is 1640. The minimum Gasteiger partial charge on any atom is -0.496 e. The molecule has 6 rings (SSSR count). The summed E-state index contributed by atoms with van der Waals surface area (Å²) >= 11 is 0. The Morgan fingerprint density at radius 2 is 1.68 bits per heavy atom. The summed E-state index contributed by atoms with van der Waals surface area (Å²) in [6.07, 6.45) is 1.65. The van der Waals surface area contributed by atoms with Crippen LogP contribution in [-0.2, 0) is 29.5 Å². The quantitative estimate of drug-likeness (QED) is 0.366. The van der Waals surface area contributed by atoms with Crippen LogP contribution in [0.4, 0.5) is 0 Å². The van der Waals surface area contributed by atoms with Crippen LogP contribution in [0, 0.1) is 0 Å². The van der Waals surface area contributed by atoms with E-state index in [2.05, 4.69) is 9.88 Å². The standard InChI is InChI=1S/C28H28N2O6S/c1-34-25-12-18-16(10-21(25)17-6-4-5-7-28(17)37(31,32)33)8-9-30-15-23-19(11-24(18)30)20-13-26(35-2)27(36-3)14-22(20)29-23/h4-7,10,12-14,24,29H,8-9,11,15H2,1-3H3,(H,31,32,33). The van der Waals surface area contributed by atoms with Crippen molar-refractivity contribution in [2.75, 3.05) is 27.9 Å². The fourth-order valence-corrected chi connectivity index (χ4v) is 6.61. The maximum absolute atomic E-state index is 12.1. The lowest BCUT2D eigenvalue weighted by atomic mass is 9.83. The first-order valence-electron chi connectivity index (χ1n) is 12.1. The van der Waals surface area contributed by atoms with Gasteiger partial charge in [-0.3, -0.25) is 9.45 Å². The van der Waals surface area contributed by atoms with Gasteiger partial charge in [-0.1, -0.05) is 18.2 Å². The molecule has 0 bridgehead atoms. The number of rotatable bonds is 5. The Hall–Kier alpha value is -3.53. The number of aromatic nitrogens is 1. The molecule has 1 atom stereocenters. The molecule has 1 unspecified atom stereocenters. The zero-order valence-corrected chi connectivity index (χ0v) is 21.7. The zero-order chi connectivity index (χ0) is 25.9. The third kappa shape index (κ3) is 3.85. The van der Waals surface area contributed by atoms with Crippen LogP contribution in [0.25, 0.3) is 22.0 Å². The molecule has 9 heteroatoms. The smallest absolute Gasteiger partial charge is 0.295 e. The first-order chi connectivity index (χ1) is 17.8. The van der Waals surface area contributed by atoms with Gasteiger partial charge in [0.15, 0.2) is 11.5 Å². The summed E-state index contributed by atoms with van der Waals surface area (Å²) in [5, 5.41) is 1.13. The summed E-state index contributed by atoms with van der Waals surface area (Å²) in [7, 11) is 0.475. The highest BCUT2D eigenvalue weighted by atomic mass is 32.2. The van der Waals surface area contributed by atoms with Gasteiger partial charge in [-0.15, -0.1) is 0 Å². The van der Waals surface area contributed by atoms with Gasteiger partial charge >= 0.3 is 0 Å². The average Bonchev–Trinajstić information content (AvgIpc) is 3.25. The van der Waals surface area contributed by atoms with Crippen LogP contribution in [-0.4, -0.2) is 50.7 Å². The van der Waals surface area contributed by atoms with Crippen LogP contribution in [0.1, 0.15) is 28.4 Å². The molecule has 0 spiro atoms. The normalized spacial score (nSPS) is 17.1. The molecule has 3 aromatic carbocycles.